The van der Waals surface area contributed by atoms with Crippen molar-refractivity contribution in [3.8, 4) is 5.75 Å². The first-order valence-electron chi connectivity index (χ1n) is 9.75. The lowest BCUT2D eigenvalue weighted by atomic mass is 10.1. The first-order chi connectivity index (χ1) is 14.7. The summed E-state index contributed by atoms with van der Waals surface area (Å²) < 4.78 is 44.5. The summed E-state index contributed by atoms with van der Waals surface area (Å²) in [6, 6.07) is 11.1. The van der Waals surface area contributed by atoms with Crippen molar-refractivity contribution in [1.82, 2.24) is 15.1 Å². The van der Waals surface area contributed by atoms with E-state index in [9.17, 15) is 22.8 Å². The number of hydrogen-bond acceptors (Lipinski definition) is 4. The Kier molecular flexibility index (Phi) is 6.62. The number of benzene rings is 2. The molecule has 0 aliphatic rings. The van der Waals surface area contributed by atoms with Crippen LogP contribution in [0.2, 0.25) is 0 Å². The number of carbonyl (C=O) groups is 1. The molecule has 0 spiro atoms. The van der Waals surface area contributed by atoms with Gasteiger partial charge in [0, 0.05) is 11.9 Å². The van der Waals surface area contributed by atoms with Crippen molar-refractivity contribution in [3.05, 3.63) is 70.1 Å². The topological polar surface area (TPSA) is 73.2 Å². The average Bonchev–Trinajstić information content (AvgIpc) is 2.72. The molecule has 0 saturated carbocycles. The average molecular weight is 433 g/mol. The summed E-state index contributed by atoms with van der Waals surface area (Å²) >= 11 is 0. The van der Waals surface area contributed by atoms with E-state index in [1.807, 2.05) is 13.8 Å². The summed E-state index contributed by atoms with van der Waals surface area (Å²) in [5.74, 6) is -0.0413. The number of hydrogen-bond donors (Lipinski definition) is 1. The highest BCUT2D eigenvalue weighted by atomic mass is 19.4. The highest BCUT2D eigenvalue weighted by Crippen LogP contribution is 2.30. The van der Waals surface area contributed by atoms with Crippen molar-refractivity contribution in [2.24, 2.45) is 5.92 Å². The van der Waals surface area contributed by atoms with Crippen LogP contribution in [0.3, 0.4) is 0 Å². The number of carbonyl (C=O) groups excluding carboxylic acids is 1. The quantitative estimate of drug-likeness (QED) is 0.574. The van der Waals surface area contributed by atoms with E-state index in [0.717, 1.165) is 12.1 Å². The molecule has 0 aliphatic carbocycles. The summed E-state index contributed by atoms with van der Waals surface area (Å²) in [5, 5.41) is 7.79. The Bertz CT molecular complexity index is 1120. The van der Waals surface area contributed by atoms with Crippen LogP contribution in [-0.4, -0.2) is 28.8 Å². The highest BCUT2D eigenvalue weighted by molar-refractivity contribution is 6.04. The second-order valence-corrected chi connectivity index (χ2v) is 7.40. The van der Waals surface area contributed by atoms with E-state index < -0.39 is 17.6 Å². The number of nitrogens with zero attached hydrogens (tertiary/aromatic N) is 2. The fraction of sp³-hybridized carbons (Fsp3) is 0.318. The molecule has 1 heterocycles. The largest absolute Gasteiger partial charge is 0.492 e. The molecule has 0 aliphatic heterocycles. The number of alkyl halides is 3. The zero-order valence-corrected chi connectivity index (χ0v) is 17.1. The molecular weight excluding hydrogens is 411 g/mol. The Morgan fingerprint density at radius 1 is 1.10 bits per heavy atom. The molecule has 6 nitrogen and oxygen atoms in total. The van der Waals surface area contributed by atoms with E-state index in [4.69, 9.17) is 4.74 Å². The third-order valence-corrected chi connectivity index (χ3v) is 4.46. The maximum Gasteiger partial charge on any atom is 0.416 e. The normalized spacial score (nSPS) is 11.7. The van der Waals surface area contributed by atoms with Crippen LogP contribution in [0.4, 0.5) is 13.2 Å². The highest BCUT2D eigenvalue weighted by Gasteiger charge is 2.30. The van der Waals surface area contributed by atoms with Crippen LogP contribution in [0.5, 0.6) is 5.75 Å². The van der Waals surface area contributed by atoms with Crippen LogP contribution in [0.1, 0.15) is 29.9 Å². The molecule has 31 heavy (non-hydrogen) atoms. The SMILES string of the molecule is CC(C)Cn1nc(C(=O)NCCOc2ccc(C(F)(F)F)cc2)c2ccccc2c1=O. The van der Waals surface area contributed by atoms with Gasteiger partial charge in [0.1, 0.15) is 12.4 Å². The minimum atomic E-state index is -4.41. The van der Waals surface area contributed by atoms with Gasteiger partial charge in [-0.25, -0.2) is 4.68 Å². The molecule has 1 aromatic heterocycles. The molecule has 9 heteroatoms. The second kappa shape index (κ2) is 9.20. The molecule has 1 N–H and O–H groups in total. The standard InChI is InChI=1S/C22H22F3N3O3/c1-14(2)13-28-21(30)18-6-4-3-5-17(18)19(27-28)20(29)26-11-12-31-16-9-7-15(8-10-16)22(23,24)25/h3-10,14H,11-13H2,1-2H3,(H,26,29). The van der Waals surface area contributed by atoms with E-state index in [1.54, 1.807) is 24.3 Å². The third kappa shape index (κ3) is 5.42. The van der Waals surface area contributed by atoms with Gasteiger partial charge in [-0.15, -0.1) is 0 Å². The Morgan fingerprint density at radius 2 is 1.74 bits per heavy atom. The van der Waals surface area contributed by atoms with Crippen LogP contribution in [-0.2, 0) is 12.7 Å². The monoisotopic (exact) mass is 433 g/mol. The maximum absolute atomic E-state index is 12.7. The van der Waals surface area contributed by atoms with Gasteiger partial charge in [0.05, 0.1) is 17.5 Å². The van der Waals surface area contributed by atoms with Gasteiger partial charge in [-0.05, 0) is 36.2 Å². The minimum Gasteiger partial charge on any atom is -0.492 e. The minimum absolute atomic E-state index is 0.0562. The summed E-state index contributed by atoms with van der Waals surface area (Å²) in [6.45, 7) is 4.43. The number of nitrogens with one attached hydrogen (secondary N) is 1. The number of rotatable bonds is 7. The Labute approximate surface area is 176 Å². The van der Waals surface area contributed by atoms with Crippen LogP contribution < -0.4 is 15.6 Å². The van der Waals surface area contributed by atoms with Gasteiger partial charge in [-0.3, -0.25) is 9.59 Å². The van der Waals surface area contributed by atoms with Crippen LogP contribution in [0, 0.1) is 5.92 Å². The lowest BCUT2D eigenvalue weighted by molar-refractivity contribution is -0.137. The molecule has 0 atom stereocenters. The molecule has 164 valence electrons. The first-order valence-corrected chi connectivity index (χ1v) is 9.75. The molecule has 3 aromatic rings. The number of fused-ring (bicyclic) bond motifs is 1. The van der Waals surface area contributed by atoms with Crippen LogP contribution in [0.25, 0.3) is 10.8 Å². The zero-order chi connectivity index (χ0) is 22.6. The molecule has 3 rings (SSSR count). The number of aromatic nitrogens is 2. The summed E-state index contributed by atoms with van der Waals surface area (Å²) in [5.41, 5.74) is -0.889. The van der Waals surface area contributed by atoms with Crippen molar-refractivity contribution >= 4 is 16.7 Å². The summed E-state index contributed by atoms with van der Waals surface area (Å²) in [6.07, 6.45) is -4.41. The van der Waals surface area contributed by atoms with Gasteiger partial charge >= 0.3 is 6.18 Å². The van der Waals surface area contributed by atoms with E-state index >= 15 is 0 Å². The van der Waals surface area contributed by atoms with Crippen molar-refractivity contribution in [2.75, 3.05) is 13.2 Å². The predicted molar refractivity (Wildman–Crippen MR) is 110 cm³/mol. The lowest BCUT2D eigenvalue weighted by Gasteiger charge is -2.13. The fourth-order valence-corrected chi connectivity index (χ4v) is 3.03. The molecule has 0 fully saturated rings. The molecular formula is C22H22F3N3O3. The van der Waals surface area contributed by atoms with Gasteiger partial charge in [0.25, 0.3) is 11.5 Å². The van der Waals surface area contributed by atoms with Crippen molar-refractivity contribution in [1.29, 1.82) is 0 Å². The Balaban J connectivity index is 1.68. The van der Waals surface area contributed by atoms with Crippen LogP contribution >= 0.6 is 0 Å². The second-order valence-electron chi connectivity index (χ2n) is 7.40. The van der Waals surface area contributed by atoms with Gasteiger partial charge in [0.15, 0.2) is 5.69 Å². The predicted octanol–water partition coefficient (Wildman–Crippen LogP) is 3.88. The van der Waals surface area contributed by atoms with Crippen molar-refractivity contribution in [2.45, 2.75) is 26.6 Å². The molecule has 0 radical (unpaired) electrons. The van der Waals surface area contributed by atoms with Crippen molar-refractivity contribution in [3.63, 3.8) is 0 Å². The molecule has 0 unspecified atom stereocenters. The molecule has 0 saturated heterocycles. The lowest BCUT2D eigenvalue weighted by Crippen LogP contribution is -2.33. The number of amides is 1. The maximum atomic E-state index is 12.7. The summed E-state index contributed by atoms with van der Waals surface area (Å²) in [4.78, 5) is 25.3. The molecule has 0 bridgehead atoms. The first kappa shape index (κ1) is 22.3. The van der Waals surface area contributed by atoms with Gasteiger partial charge in [-0.1, -0.05) is 32.0 Å². The smallest absolute Gasteiger partial charge is 0.416 e. The van der Waals surface area contributed by atoms with E-state index in [1.165, 1.54) is 16.8 Å². The fourth-order valence-electron chi connectivity index (χ4n) is 3.03. The summed E-state index contributed by atoms with van der Waals surface area (Å²) in [7, 11) is 0. The molecule has 2 aromatic carbocycles. The zero-order valence-electron chi connectivity index (χ0n) is 17.1. The Morgan fingerprint density at radius 3 is 2.35 bits per heavy atom. The van der Waals surface area contributed by atoms with Gasteiger partial charge in [0.2, 0.25) is 0 Å². The van der Waals surface area contributed by atoms with Gasteiger partial charge < -0.3 is 10.1 Å². The van der Waals surface area contributed by atoms with Crippen LogP contribution in [0.15, 0.2) is 53.3 Å². The van der Waals surface area contributed by atoms with Crippen molar-refractivity contribution < 1.29 is 22.7 Å². The molecule has 1 amide bonds. The number of ether oxygens (including phenoxy) is 1. The third-order valence-electron chi connectivity index (χ3n) is 4.46. The van der Waals surface area contributed by atoms with E-state index in [0.29, 0.717) is 17.3 Å². The Hall–Kier alpha value is -3.36. The van der Waals surface area contributed by atoms with E-state index in [-0.39, 0.29) is 36.1 Å². The number of halogens is 3. The van der Waals surface area contributed by atoms with Gasteiger partial charge in [-0.2, -0.15) is 18.3 Å². The van der Waals surface area contributed by atoms with E-state index in [2.05, 4.69) is 10.4 Å².